The summed E-state index contributed by atoms with van der Waals surface area (Å²) in [5.41, 5.74) is 0.0610. The maximum absolute atomic E-state index is 12.8. The van der Waals surface area contributed by atoms with Gasteiger partial charge in [-0.2, -0.15) is 0 Å². The van der Waals surface area contributed by atoms with Gasteiger partial charge in [0.15, 0.2) is 0 Å². The van der Waals surface area contributed by atoms with Gasteiger partial charge in [0.25, 0.3) is 0 Å². The van der Waals surface area contributed by atoms with E-state index in [1.54, 1.807) is 6.26 Å². The maximum Gasteiger partial charge on any atom is 0.335 e. The summed E-state index contributed by atoms with van der Waals surface area (Å²) in [6.45, 7) is 5.67. The van der Waals surface area contributed by atoms with Gasteiger partial charge < -0.3 is 19.6 Å². The monoisotopic (exact) mass is 497 g/mol. The lowest BCUT2D eigenvalue weighted by molar-refractivity contribution is -0.207. The average molecular weight is 498 g/mol. The Morgan fingerprint density at radius 1 is 1.03 bits per heavy atom. The molecule has 198 valence electrons. The Morgan fingerprint density at radius 3 is 2.64 bits per heavy atom. The van der Waals surface area contributed by atoms with Gasteiger partial charge in [0.05, 0.1) is 11.9 Å². The van der Waals surface area contributed by atoms with Crippen molar-refractivity contribution < 1.29 is 19.1 Å². The van der Waals surface area contributed by atoms with Crippen LogP contribution >= 0.6 is 0 Å². The number of hydrogen-bond donors (Lipinski definition) is 2. The van der Waals surface area contributed by atoms with E-state index in [0.717, 1.165) is 89.2 Å². The summed E-state index contributed by atoms with van der Waals surface area (Å²) in [5.74, 6) is 1.55. The molecule has 1 aromatic rings. The number of ether oxygens (including phenoxy) is 1. The number of carbonyl (C=O) groups excluding carboxylic acids is 1. The van der Waals surface area contributed by atoms with E-state index in [4.69, 9.17) is 9.15 Å². The fraction of sp³-hybridized carbons (Fsp3) is 0.800. The summed E-state index contributed by atoms with van der Waals surface area (Å²) in [6, 6.07) is 3.30. The van der Waals surface area contributed by atoms with E-state index in [1.165, 1.54) is 6.07 Å². The van der Waals surface area contributed by atoms with Crippen LogP contribution in [0.25, 0.3) is 0 Å². The zero-order valence-corrected chi connectivity index (χ0v) is 22.0. The lowest BCUT2D eigenvalue weighted by Gasteiger charge is -2.63. The Kier molecular flexibility index (Phi) is 6.15. The minimum absolute atomic E-state index is 0.0383. The van der Waals surface area contributed by atoms with Crippen LogP contribution in [0.3, 0.4) is 0 Å². The van der Waals surface area contributed by atoms with Crippen LogP contribution in [0.1, 0.15) is 102 Å². The molecule has 5 aliphatic rings. The average Bonchev–Trinajstić information content (AvgIpc) is 3.16. The molecule has 4 saturated carbocycles. The molecular weight excluding hydrogens is 454 g/mol. The normalized spacial score (nSPS) is 46.3. The molecule has 1 aromatic heterocycles. The second kappa shape index (κ2) is 8.97. The van der Waals surface area contributed by atoms with Crippen molar-refractivity contribution in [2.75, 3.05) is 6.54 Å². The zero-order valence-electron chi connectivity index (χ0n) is 22.0. The van der Waals surface area contributed by atoms with Crippen molar-refractivity contribution in [1.29, 1.82) is 0 Å². The van der Waals surface area contributed by atoms with Gasteiger partial charge in [-0.3, -0.25) is 4.79 Å². The Hall–Kier alpha value is -1.66. The highest BCUT2D eigenvalue weighted by atomic mass is 16.5. The van der Waals surface area contributed by atoms with Gasteiger partial charge in [-0.15, -0.1) is 0 Å². The third kappa shape index (κ3) is 3.73. The number of piperidine rings is 1. The van der Waals surface area contributed by atoms with Crippen LogP contribution in [0, 0.1) is 28.6 Å². The van der Waals surface area contributed by atoms with Gasteiger partial charge in [-0.1, -0.05) is 20.3 Å². The Labute approximate surface area is 214 Å². The summed E-state index contributed by atoms with van der Waals surface area (Å²) in [4.78, 5) is 24.3. The van der Waals surface area contributed by atoms with Crippen molar-refractivity contribution in [2.24, 2.45) is 28.6 Å². The first kappa shape index (κ1) is 24.7. The van der Waals surface area contributed by atoms with E-state index < -0.39 is 5.60 Å². The molecule has 0 radical (unpaired) electrons. The Bertz CT molecular complexity index is 1030. The van der Waals surface area contributed by atoms with E-state index in [1.807, 2.05) is 6.07 Å². The van der Waals surface area contributed by atoms with Crippen LogP contribution < -0.4 is 10.9 Å². The molecule has 6 nitrogen and oxygen atoms in total. The van der Waals surface area contributed by atoms with E-state index >= 15 is 0 Å². The summed E-state index contributed by atoms with van der Waals surface area (Å²) >= 11 is 0. The molecule has 6 heteroatoms. The first-order valence-corrected chi connectivity index (χ1v) is 14.5. The molecule has 2 heterocycles. The largest absolute Gasteiger partial charge is 0.461 e. The van der Waals surface area contributed by atoms with Crippen molar-refractivity contribution in [3.8, 4) is 0 Å². The third-order valence-corrected chi connectivity index (χ3v) is 11.8. The summed E-state index contributed by atoms with van der Waals surface area (Å²) in [6.07, 6.45) is 13.9. The quantitative estimate of drug-likeness (QED) is 0.576. The van der Waals surface area contributed by atoms with Gasteiger partial charge in [0.2, 0.25) is 0 Å². The van der Waals surface area contributed by atoms with Crippen molar-refractivity contribution in [1.82, 2.24) is 5.32 Å². The molecule has 0 amide bonds. The highest BCUT2D eigenvalue weighted by Crippen LogP contribution is 2.70. The molecule has 4 aliphatic carbocycles. The summed E-state index contributed by atoms with van der Waals surface area (Å²) in [5, 5.41) is 15.7. The van der Waals surface area contributed by atoms with Crippen molar-refractivity contribution in [3.63, 3.8) is 0 Å². The lowest BCUT2D eigenvalue weighted by Crippen LogP contribution is -2.62. The van der Waals surface area contributed by atoms with Gasteiger partial charge in [0.1, 0.15) is 12.1 Å². The smallest absolute Gasteiger partial charge is 0.335 e. The number of aliphatic hydroxyl groups is 1. The van der Waals surface area contributed by atoms with Crippen LogP contribution in [0.5, 0.6) is 0 Å². The Balaban J connectivity index is 1.17. The van der Waals surface area contributed by atoms with E-state index in [2.05, 4.69) is 19.2 Å². The topological polar surface area (TPSA) is 88.8 Å². The van der Waals surface area contributed by atoms with Crippen molar-refractivity contribution >= 4 is 5.97 Å². The fourth-order valence-electron chi connectivity index (χ4n) is 9.69. The molecule has 1 saturated heterocycles. The van der Waals surface area contributed by atoms with Crippen LogP contribution in [0.4, 0.5) is 0 Å². The zero-order chi connectivity index (χ0) is 25.1. The second-order valence-corrected chi connectivity index (χ2v) is 13.2. The van der Waals surface area contributed by atoms with Gasteiger partial charge in [-0.25, -0.2) is 4.79 Å². The van der Waals surface area contributed by atoms with Crippen LogP contribution in [0.2, 0.25) is 0 Å². The minimum Gasteiger partial charge on any atom is -0.461 e. The number of carbonyl (C=O) groups is 1. The van der Waals surface area contributed by atoms with Gasteiger partial charge in [0, 0.05) is 11.5 Å². The number of fused-ring (bicyclic) bond motifs is 5. The predicted molar refractivity (Wildman–Crippen MR) is 136 cm³/mol. The summed E-state index contributed by atoms with van der Waals surface area (Å²) < 4.78 is 11.3. The lowest BCUT2D eigenvalue weighted by atomic mass is 9.43. The molecule has 0 aromatic carbocycles. The number of esters is 1. The van der Waals surface area contributed by atoms with E-state index in [9.17, 15) is 14.7 Å². The first-order chi connectivity index (χ1) is 17.2. The Morgan fingerprint density at radius 2 is 1.89 bits per heavy atom. The summed E-state index contributed by atoms with van der Waals surface area (Å²) in [7, 11) is 0. The van der Waals surface area contributed by atoms with Crippen LogP contribution in [-0.4, -0.2) is 35.4 Å². The van der Waals surface area contributed by atoms with Crippen molar-refractivity contribution in [3.05, 3.63) is 34.4 Å². The molecular formula is C30H43NO5. The van der Waals surface area contributed by atoms with Crippen LogP contribution in [0.15, 0.2) is 27.6 Å². The molecule has 9 atom stereocenters. The third-order valence-electron chi connectivity index (χ3n) is 11.8. The van der Waals surface area contributed by atoms with Gasteiger partial charge >= 0.3 is 11.6 Å². The van der Waals surface area contributed by atoms with Crippen LogP contribution in [-0.2, 0) is 9.53 Å². The second-order valence-electron chi connectivity index (χ2n) is 13.2. The predicted octanol–water partition coefficient (Wildman–Crippen LogP) is 4.93. The fourth-order valence-corrected chi connectivity index (χ4v) is 9.69. The highest BCUT2D eigenvalue weighted by Gasteiger charge is 2.67. The standard InChI is InChI=1S/C30H43NO5/c1-28-13-10-21(36-27(33)25-5-3-4-16-31-25)17-20(28)7-8-24-23(28)11-14-29(2)22(12-15-30(24,29)34)19-6-9-26(32)35-18-19/h6,9,18,20-25,31,34H,3-5,7-8,10-17H2,1-2H3/t20-,21+,22-,23+,24-,25?,28+,29-,30+/m1/s1. The number of rotatable bonds is 3. The highest BCUT2D eigenvalue weighted by molar-refractivity contribution is 5.76. The number of hydrogen-bond acceptors (Lipinski definition) is 6. The molecule has 0 bridgehead atoms. The van der Waals surface area contributed by atoms with E-state index in [-0.39, 0.29) is 40.5 Å². The molecule has 0 spiro atoms. The SMILES string of the molecule is C[C@]12CC[C@H](OC(=O)C3CCCCN3)C[C@H]1CC[C@@H]1[C@@H]2CC[C@]2(C)[C@@H](c3ccc(=O)oc3)CC[C@]12O. The van der Waals surface area contributed by atoms with Crippen molar-refractivity contribution in [2.45, 2.75) is 115 Å². The maximum atomic E-state index is 12.8. The molecule has 1 unspecified atom stereocenters. The molecule has 2 N–H and O–H groups in total. The molecule has 5 fully saturated rings. The minimum atomic E-state index is -0.680. The van der Waals surface area contributed by atoms with Gasteiger partial charge in [-0.05, 0) is 118 Å². The van der Waals surface area contributed by atoms with E-state index in [0.29, 0.717) is 17.8 Å². The number of nitrogens with one attached hydrogen (secondary N) is 1. The molecule has 6 rings (SSSR count). The molecule has 1 aliphatic heterocycles. The first-order valence-electron chi connectivity index (χ1n) is 14.5. The molecule has 36 heavy (non-hydrogen) atoms.